The number of halogens is 1. The standard InChI is InChI=1S/C31H29BrN4O5/c1-16-9-10-21(41-4)19-13-31(29(39)35(2)30(40)36(31)3)25-24(22(16)19)28(38)26-23(27(25)37)18(15-34-26)11-12-33-14-17-7-5-6-8-20(17)32/h5-10,15,33-34H,11-14H2,1-4H3. The van der Waals surface area contributed by atoms with Crippen molar-refractivity contribution in [1.29, 1.82) is 0 Å². The van der Waals surface area contributed by atoms with Crippen molar-refractivity contribution >= 4 is 45.0 Å². The number of aryl methyl sites for hydroxylation is 1. The Morgan fingerprint density at radius 1 is 1.02 bits per heavy atom. The highest BCUT2D eigenvalue weighted by atomic mass is 79.9. The first-order chi connectivity index (χ1) is 19.6. The summed E-state index contributed by atoms with van der Waals surface area (Å²) in [4.78, 5) is 61.2. The second-order valence-electron chi connectivity index (χ2n) is 10.7. The molecular formula is C31H29BrN4O5. The number of nitrogens with zero attached hydrogens (tertiary/aromatic N) is 2. The minimum Gasteiger partial charge on any atom is -0.496 e. The van der Waals surface area contributed by atoms with E-state index in [0.717, 1.165) is 20.5 Å². The molecule has 41 heavy (non-hydrogen) atoms. The average molecular weight is 618 g/mol. The first-order valence-corrected chi connectivity index (χ1v) is 14.1. The van der Waals surface area contributed by atoms with Gasteiger partial charge < -0.3 is 19.9 Å². The number of ketones is 2. The van der Waals surface area contributed by atoms with Gasteiger partial charge in [0.15, 0.2) is 11.3 Å². The number of allylic oxidation sites excluding steroid dienone is 1. The highest BCUT2D eigenvalue weighted by molar-refractivity contribution is 9.10. The number of aromatic amines is 1. The zero-order valence-corrected chi connectivity index (χ0v) is 24.8. The van der Waals surface area contributed by atoms with Gasteiger partial charge in [-0.1, -0.05) is 40.2 Å². The van der Waals surface area contributed by atoms with E-state index >= 15 is 0 Å². The van der Waals surface area contributed by atoms with Gasteiger partial charge >= 0.3 is 6.03 Å². The number of carbonyl (C=O) groups is 4. The molecule has 2 aromatic carbocycles. The molecule has 1 unspecified atom stereocenters. The molecule has 1 fully saturated rings. The number of hydrogen-bond donors (Lipinski definition) is 2. The van der Waals surface area contributed by atoms with Crippen LogP contribution in [0.4, 0.5) is 4.79 Å². The van der Waals surface area contributed by atoms with Gasteiger partial charge in [0.2, 0.25) is 5.78 Å². The number of amides is 3. The maximum absolute atomic E-state index is 14.5. The molecule has 1 atom stereocenters. The van der Waals surface area contributed by atoms with Gasteiger partial charge in [-0.15, -0.1) is 0 Å². The van der Waals surface area contributed by atoms with Crippen LogP contribution in [-0.4, -0.2) is 71.6 Å². The van der Waals surface area contributed by atoms with Gasteiger partial charge in [-0.25, -0.2) is 4.79 Å². The Morgan fingerprint density at radius 3 is 2.46 bits per heavy atom. The van der Waals surface area contributed by atoms with Crippen molar-refractivity contribution in [2.45, 2.75) is 31.8 Å². The van der Waals surface area contributed by atoms with Gasteiger partial charge in [0.25, 0.3) is 5.91 Å². The quantitative estimate of drug-likeness (QED) is 0.319. The predicted octanol–water partition coefficient (Wildman–Crippen LogP) is 4.08. The molecule has 9 nitrogen and oxygen atoms in total. The van der Waals surface area contributed by atoms with Crippen molar-refractivity contribution in [3.8, 4) is 5.75 Å². The van der Waals surface area contributed by atoms with E-state index in [0.29, 0.717) is 42.0 Å². The molecule has 2 N–H and O–H groups in total. The number of Topliss-reactive ketones (excluding diaryl/α,β-unsaturated/α-hetero) is 2. The van der Waals surface area contributed by atoms with E-state index in [1.54, 1.807) is 12.3 Å². The van der Waals surface area contributed by atoms with Crippen molar-refractivity contribution < 1.29 is 23.9 Å². The number of H-pyrrole nitrogens is 1. The van der Waals surface area contributed by atoms with E-state index in [1.165, 1.54) is 26.1 Å². The summed E-state index contributed by atoms with van der Waals surface area (Å²) in [6, 6.07) is 11.0. The molecule has 1 saturated heterocycles. The van der Waals surface area contributed by atoms with E-state index in [2.05, 4.69) is 26.2 Å². The molecule has 210 valence electrons. The maximum atomic E-state index is 14.5. The topological polar surface area (TPSA) is 112 Å². The molecule has 2 aliphatic carbocycles. The Bertz CT molecular complexity index is 1710. The number of methoxy groups -OCH3 is 1. The number of ether oxygens (including phenoxy) is 1. The van der Waals surface area contributed by atoms with Crippen molar-refractivity contribution in [1.82, 2.24) is 20.1 Å². The molecule has 3 aromatic rings. The maximum Gasteiger partial charge on any atom is 0.327 e. The third-order valence-corrected chi connectivity index (χ3v) is 9.34. The first kappa shape index (κ1) is 27.2. The lowest BCUT2D eigenvalue weighted by atomic mass is 9.65. The van der Waals surface area contributed by atoms with Crippen molar-refractivity contribution in [3.05, 3.63) is 91.7 Å². The van der Waals surface area contributed by atoms with Crippen LogP contribution >= 0.6 is 15.9 Å². The molecule has 0 radical (unpaired) electrons. The molecule has 2 heterocycles. The van der Waals surface area contributed by atoms with E-state index < -0.39 is 23.3 Å². The van der Waals surface area contributed by atoms with Crippen LogP contribution in [0.1, 0.15) is 48.7 Å². The summed E-state index contributed by atoms with van der Waals surface area (Å²) in [6.45, 7) is 3.05. The highest BCUT2D eigenvalue weighted by Gasteiger charge is 2.63. The van der Waals surface area contributed by atoms with Crippen LogP contribution in [0.5, 0.6) is 5.75 Å². The molecule has 0 bridgehead atoms. The molecular weight excluding hydrogens is 588 g/mol. The fourth-order valence-electron chi connectivity index (χ4n) is 6.47. The number of urea groups is 1. The van der Waals surface area contributed by atoms with Crippen molar-refractivity contribution in [2.75, 3.05) is 27.7 Å². The largest absolute Gasteiger partial charge is 0.496 e. The Balaban J connectivity index is 1.45. The number of nitrogens with one attached hydrogen (secondary N) is 2. The van der Waals surface area contributed by atoms with Gasteiger partial charge in [-0.05, 0) is 54.3 Å². The van der Waals surface area contributed by atoms with E-state index in [9.17, 15) is 19.2 Å². The van der Waals surface area contributed by atoms with E-state index in [-0.39, 0.29) is 34.6 Å². The van der Waals surface area contributed by atoms with Crippen LogP contribution in [0.25, 0.3) is 5.57 Å². The predicted molar refractivity (Wildman–Crippen MR) is 156 cm³/mol. The number of imide groups is 1. The zero-order chi connectivity index (χ0) is 29.2. The third kappa shape index (κ3) is 3.77. The van der Waals surface area contributed by atoms with Crippen LogP contribution < -0.4 is 10.1 Å². The van der Waals surface area contributed by atoms with Gasteiger partial charge in [0.1, 0.15) is 5.75 Å². The lowest BCUT2D eigenvalue weighted by Gasteiger charge is -2.42. The molecule has 1 aromatic heterocycles. The van der Waals surface area contributed by atoms with Crippen molar-refractivity contribution in [2.24, 2.45) is 0 Å². The molecule has 3 amide bonds. The van der Waals surface area contributed by atoms with Crippen LogP contribution in [0, 0.1) is 6.92 Å². The molecule has 1 spiro atoms. The summed E-state index contributed by atoms with van der Waals surface area (Å²) in [5, 5.41) is 3.40. The van der Waals surface area contributed by atoms with Crippen LogP contribution in [-0.2, 0) is 24.2 Å². The van der Waals surface area contributed by atoms with Gasteiger partial charge in [0, 0.05) is 54.4 Å². The number of rotatable bonds is 6. The van der Waals surface area contributed by atoms with Gasteiger partial charge in [-0.3, -0.25) is 19.3 Å². The SMILES string of the molecule is COc1ccc(C)c2c1CC1(C(=O)N(C)C(=O)N1C)C1=C2C(=O)c2[nH]cc(CCNCc3ccccc3Br)c2C1=O. The molecule has 1 aliphatic heterocycles. The van der Waals surface area contributed by atoms with Crippen LogP contribution in [0.3, 0.4) is 0 Å². The molecule has 0 saturated carbocycles. The van der Waals surface area contributed by atoms with E-state index in [1.807, 2.05) is 37.3 Å². The first-order valence-electron chi connectivity index (χ1n) is 13.3. The van der Waals surface area contributed by atoms with Gasteiger partial charge in [-0.2, -0.15) is 0 Å². The Hall–Kier alpha value is -4.02. The lowest BCUT2D eigenvalue weighted by molar-refractivity contribution is -0.130. The minimum absolute atomic E-state index is 0.0268. The normalized spacial score (nSPS) is 19.7. The van der Waals surface area contributed by atoms with Gasteiger partial charge in [0.05, 0.1) is 18.4 Å². The van der Waals surface area contributed by atoms with Crippen LogP contribution in [0.15, 0.2) is 52.6 Å². The summed E-state index contributed by atoms with van der Waals surface area (Å²) < 4.78 is 6.65. The second kappa shape index (κ2) is 9.81. The summed E-state index contributed by atoms with van der Waals surface area (Å²) in [7, 11) is 4.43. The number of fused-ring (bicyclic) bond motifs is 4. The number of likely N-dealkylation sites (N-methyl/N-ethyl adjacent to an activating group) is 2. The summed E-state index contributed by atoms with van der Waals surface area (Å²) in [5.41, 5.74) is 2.81. The van der Waals surface area contributed by atoms with Crippen molar-refractivity contribution in [3.63, 3.8) is 0 Å². The molecule has 10 heteroatoms. The molecule has 6 rings (SSSR count). The Labute approximate surface area is 245 Å². The number of hydrogen-bond acceptors (Lipinski definition) is 6. The zero-order valence-electron chi connectivity index (χ0n) is 23.2. The number of benzene rings is 2. The monoisotopic (exact) mass is 616 g/mol. The third-order valence-electron chi connectivity index (χ3n) is 8.56. The highest BCUT2D eigenvalue weighted by Crippen LogP contribution is 2.51. The molecule has 3 aliphatic rings. The Kier molecular flexibility index (Phi) is 6.50. The number of carbonyl (C=O) groups excluding carboxylic acids is 4. The average Bonchev–Trinajstić information content (AvgIpc) is 3.46. The second-order valence-corrected chi connectivity index (χ2v) is 11.5. The fraction of sp³-hybridized carbons (Fsp3) is 0.290. The van der Waals surface area contributed by atoms with Crippen LogP contribution in [0.2, 0.25) is 0 Å². The number of aromatic nitrogens is 1. The smallest absolute Gasteiger partial charge is 0.327 e. The van der Waals surface area contributed by atoms with E-state index in [4.69, 9.17) is 4.74 Å². The summed E-state index contributed by atoms with van der Waals surface area (Å²) in [6.07, 6.45) is 2.21. The summed E-state index contributed by atoms with van der Waals surface area (Å²) in [5.74, 6) is -0.827. The Morgan fingerprint density at radius 2 is 1.78 bits per heavy atom. The fourth-order valence-corrected chi connectivity index (χ4v) is 6.89. The minimum atomic E-state index is -1.66. The lowest BCUT2D eigenvalue weighted by Crippen LogP contribution is -2.56. The summed E-state index contributed by atoms with van der Waals surface area (Å²) >= 11 is 3.56.